The van der Waals surface area contributed by atoms with Crippen LogP contribution in [-0.4, -0.2) is 13.1 Å². The third kappa shape index (κ3) is 3.08. The molecule has 1 saturated carbocycles. The number of carbonyl (C=O) groups excluding carboxylic acids is 1. The van der Waals surface area contributed by atoms with E-state index >= 15 is 0 Å². The first-order valence-corrected chi connectivity index (χ1v) is 5.98. The Kier molecular flexibility index (Phi) is 4.86. The molecule has 2 nitrogen and oxygen atoms in total. The fourth-order valence-electron chi connectivity index (χ4n) is 2.49. The van der Waals surface area contributed by atoms with Crippen molar-refractivity contribution >= 4 is 5.97 Å². The molecule has 86 valence electrons. The van der Waals surface area contributed by atoms with E-state index < -0.39 is 0 Å². The topological polar surface area (TPSA) is 26.3 Å². The molecule has 1 aliphatic carbocycles. The molecule has 0 aromatic heterocycles. The van der Waals surface area contributed by atoms with Gasteiger partial charge in [-0.3, -0.25) is 0 Å². The molecule has 0 bridgehead atoms. The standard InChI is InChI=1S/C13H22O2/c1-4-12(13(14)15-3)10(2)11-8-6-5-7-9-11/h11H,4-9H2,1-3H3. The Hall–Kier alpha value is -0.790. The van der Waals surface area contributed by atoms with E-state index in [2.05, 4.69) is 6.92 Å². The minimum Gasteiger partial charge on any atom is -0.466 e. The van der Waals surface area contributed by atoms with Crippen LogP contribution in [0.4, 0.5) is 0 Å². The SMILES string of the molecule is CCC(C(=O)OC)=C(C)C1CCCCC1. The summed E-state index contributed by atoms with van der Waals surface area (Å²) < 4.78 is 4.82. The number of rotatable bonds is 3. The van der Waals surface area contributed by atoms with Crippen molar-refractivity contribution in [3.8, 4) is 0 Å². The van der Waals surface area contributed by atoms with Gasteiger partial charge in [-0.25, -0.2) is 4.79 Å². The number of hydrogen-bond donors (Lipinski definition) is 0. The van der Waals surface area contributed by atoms with Crippen molar-refractivity contribution in [2.24, 2.45) is 5.92 Å². The lowest BCUT2D eigenvalue weighted by molar-refractivity contribution is -0.136. The van der Waals surface area contributed by atoms with E-state index in [0.717, 1.165) is 12.0 Å². The first-order chi connectivity index (χ1) is 7.20. The molecule has 1 rings (SSSR count). The summed E-state index contributed by atoms with van der Waals surface area (Å²) in [6.45, 7) is 4.13. The molecule has 1 fully saturated rings. The number of methoxy groups -OCH3 is 1. The lowest BCUT2D eigenvalue weighted by Crippen LogP contribution is -2.14. The van der Waals surface area contributed by atoms with Crippen molar-refractivity contribution in [3.63, 3.8) is 0 Å². The Balaban J connectivity index is 2.78. The highest BCUT2D eigenvalue weighted by Crippen LogP contribution is 2.31. The fraction of sp³-hybridized carbons (Fsp3) is 0.769. The van der Waals surface area contributed by atoms with Gasteiger partial charge in [0, 0.05) is 5.57 Å². The zero-order chi connectivity index (χ0) is 11.3. The average molecular weight is 210 g/mol. The molecule has 0 spiro atoms. The van der Waals surface area contributed by atoms with Crippen LogP contribution in [0.3, 0.4) is 0 Å². The summed E-state index contributed by atoms with van der Waals surface area (Å²) in [7, 11) is 1.46. The van der Waals surface area contributed by atoms with Gasteiger partial charge in [0.2, 0.25) is 0 Å². The predicted molar refractivity (Wildman–Crippen MR) is 61.6 cm³/mol. The second-order valence-corrected chi connectivity index (χ2v) is 4.34. The molecule has 15 heavy (non-hydrogen) atoms. The van der Waals surface area contributed by atoms with Gasteiger partial charge in [0.15, 0.2) is 0 Å². The van der Waals surface area contributed by atoms with Crippen molar-refractivity contribution in [1.82, 2.24) is 0 Å². The van der Waals surface area contributed by atoms with E-state index in [1.807, 2.05) is 6.92 Å². The number of hydrogen-bond acceptors (Lipinski definition) is 2. The second kappa shape index (κ2) is 5.94. The van der Waals surface area contributed by atoms with Gasteiger partial charge in [-0.05, 0) is 32.1 Å². The van der Waals surface area contributed by atoms with Crippen LogP contribution in [0.15, 0.2) is 11.1 Å². The molecule has 0 N–H and O–H groups in total. The Bertz CT molecular complexity index is 247. The summed E-state index contributed by atoms with van der Waals surface area (Å²) in [6, 6.07) is 0. The number of ether oxygens (including phenoxy) is 1. The molecule has 0 atom stereocenters. The van der Waals surface area contributed by atoms with Crippen LogP contribution in [0.5, 0.6) is 0 Å². The number of esters is 1. The maximum Gasteiger partial charge on any atom is 0.333 e. The molecule has 0 unspecified atom stereocenters. The summed E-state index contributed by atoms with van der Waals surface area (Å²) in [5.41, 5.74) is 2.16. The maximum atomic E-state index is 11.5. The Morgan fingerprint density at radius 1 is 1.27 bits per heavy atom. The molecule has 0 heterocycles. The third-order valence-corrected chi connectivity index (χ3v) is 3.48. The first-order valence-electron chi connectivity index (χ1n) is 5.98. The van der Waals surface area contributed by atoms with Crippen LogP contribution in [0.2, 0.25) is 0 Å². The monoisotopic (exact) mass is 210 g/mol. The lowest BCUT2D eigenvalue weighted by Gasteiger charge is -2.24. The highest BCUT2D eigenvalue weighted by atomic mass is 16.5. The first kappa shape index (κ1) is 12.3. The molecular formula is C13H22O2. The second-order valence-electron chi connectivity index (χ2n) is 4.34. The Labute approximate surface area is 92.7 Å². The maximum absolute atomic E-state index is 11.5. The zero-order valence-corrected chi connectivity index (χ0v) is 10.1. The molecule has 0 saturated heterocycles. The lowest BCUT2D eigenvalue weighted by atomic mass is 9.82. The summed E-state index contributed by atoms with van der Waals surface area (Å²) in [5, 5.41) is 0. The van der Waals surface area contributed by atoms with Crippen LogP contribution in [0, 0.1) is 5.92 Å². The number of allylic oxidation sites excluding steroid dienone is 1. The van der Waals surface area contributed by atoms with Crippen molar-refractivity contribution in [2.75, 3.05) is 7.11 Å². The average Bonchev–Trinajstić information content (AvgIpc) is 2.30. The van der Waals surface area contributed by atoms with Gasteiger partial charge in [0.25, 0.3) is 0 Å². The van der Waals surface area contributed by atoms with E-state index in [-0.39, 0.29) is 5.97 Å². The Morgan fingerprint density at radius 2 is 1.87 bits per heavy atom. The fourth-order valence-corrected chi connectivity index (χ4v) is 2.49. The minimum atomic E-state index is -0.138. The van der Waals surface area contributed by atoms with Crippen LogP contribution >= 0.6 is 0 Å². The molecule has 1 aliphatic rings. The van der Waals surface area contributed by atoms with Crippen molar-refractivity contribution in [1.29, 1.82) is 0 Å². The van der Waals surface area contributed by atoms with Gasteiger partial charge in [-0.15, -0.1) is 0 Å². The summed E-state index contributed by atoms with van der Waals surface area (Å²) in [6.07, 6.45) is 7.23. The smallest absolute Gasteiger partial charge is 0.333 e. The number of carbonyl (C=O) groups is 1. The van der Waals surface area contributed by atoms with Crippen LogP contribution in [-0.2, 0) is 9.53 Å². The van der Waals surface area contributed by atoms with Gasteiger partial charge < -0.3 is 4.74 Å². The predicted octanol–water partition coefficient (Wildman–Crippen LogP) is 3.47. The van der Waals surface area contributed by atoms with Crippen LogP contribution < -0.4 is 0 Å². The quantitative estimate of drug-likeness (QED) is 0.526. The van der Waals surface area contributed by atoms with Gasteiger partial charge in [-0.1, -0.05) is 31.8 Å². The minimum absolute atomic E-state index is 0.138. The van der Waals surface area contributed by atoms with E-state index in [1.165, 1.54) is 44.8 Å². The summed E-state index contributed by atoms with van der Waals surface area (Å²) >= 11 is 0. The highest BCUT2D eigenvalue weighted by molar-refractivity contribution is 5.89. The van der Waals surface area contributed by atoms with Crippen LogP contribution in [0.1, 0.15) is 52.4 Å². The van der Waals surface area contributed by atoms with Gasteiger partial charge in [0.05, 0.1) is 7.11 Å². The van der Waals surface area contributed by atoms with Gasteiger partial charge >= 0.3 is 5.97 Å². The molecule has 0 aliphatic heterocycles. The van der Waals surface area contributed by atoms with Gasteiger partial charge in [0.1, 0.15) is 0 Å². The van der Waals surface area contributed by atoms with E-state index in [9.17, 15) is 4.79 Å². The van der Waals surface area contributed by atoms with Crippen molar-refractivity contribution < 1.29 is 9.53 Å². The summed E-state index contributed by atoms with van der Waals surface area (Å²) in [5.74, 6) is 0.480. The zero-order valence-electron chi connectivity index (χ0n) is 10.1. The molecular weight excluding hydrogens is 188 g/mol. The van der Waals surface area contributed by atoms with E-state index in [1.54, 1.807) is 0 Å². The summed E-state index contributed by atoms with van der Waals surface area (Å²) in [4.78, 5) is 11.5. The molecule has 0 aromatic carbocycles. The van der Waals surface area contributed by atoms with Crippen molar-refractivity contribution in [2.45, 2.75) is 52.4 Å². The highest BCUT2D eigenvalue weighted by Gasteiger charge is 2.20. The normalized spacial score (nSPS) is 19.7. The Morgan fingerprint density at radius 3 is 2.33 bits per heavy atom. The van der Waals surface area contributed by atoms with E-state index in [0.29, 0.717) is 5.92 Å². The molecule has 0 amide bonds. The van der Waals surface area contributed by atoms with E-state index in [4.69, 9.17) is 4.74 Å². The largest absolute Gasteiger partial charge is 0.466 e. The molecule has 0 aromatic rings. The van der Waals surface area contributed by atoms with Gasteiger partial charge in [-0.2, -0.15) is 0 Å². The van der Waals surface area contributed by atoms with Crippen LogP contribution in [0.25, 0.3) is 0 Å². The third-order valence-electron chi connectivity index (χ3n) is 3.48. The molecule has 2 heteroatoms. The van der Waals surface area contributed by atoms with Crippen molar-refractivity contribution in [3.05, 3.63) is 11.1 Å². The molecule has 0 radical (unpaired) electrons.